The van der Waals surface area contributed by atoms with E-state index in [-0.39, 0.29) is 24.3 Å². The van der Waals surface area contributed by atoms with E-state index in [0.717, 1.165) is 17.7 Å². The number of rotatable bonds is 5. The second-order valence-electron chi connectivity index (χ2n) is 8.34. The van der Waals surface area contributed by atoms with Crippen molar-refractivity contribution in [2.24, 2.45) is 5.92 Å². The molecule has 0 unspecified atom stereocenters. The maximum Gasteiger partial charge on any atom is 0.338 e. The molecule has 0 saturated heterocycles. The Morgan fingerprint density at radius 3 is 2.30 bits per heavy atom. The molecule has 0 fully saturated rings. The van der Waals surface area contributed by atoms with Gasteiger partial charge in [0.1, 0.15) is 0 Å². The van der Waals surface area contributed by atoms with Crippen LogP contribution in [0.5, 0.6) is 0 Å². The Kier molecular flexibility index (Phi) is 5.96. The highest BCUT2D eigenvalue weighted by Gasteiger charge is 2.38. The minimum absolute atomic E-state index is 0.157. The third kappa shape index (κ3) is 4.41. The van der Waals surface area contributed by atoms with Crippen LogP contribution in [0.15, 0.2) is 78.9 Å². The van der Waals surface area contributed by atoms with Gasteiger partial charge in [0.15, 0.2) is 12.4 Å². The summed E-state index contributed by atoms with van der Waals surface area (Å²) in [4.78, 5) is 25.0. The number of Topliss-reactive ketones (excluding diaryl/α,β-unsaturated/α-hetero) is 1. The fraction of sp³-hybridized carbons (Fsp3) is 0.185. The summed E-state index contributed by atoms with van der Waals surface area (Å²) < 4.78 is 5.31. The van der Waals surface area contributed by atoms with Gasteiger partial charge >= 0.3 is 5.97 Å². The normalized spacial score (nSPS) is 20.5. The fourth-order valence-electron chi connectivity index (χ4n) is 4.66. The van der Waals surface area contributed by atoms with E-state index in [1.165, 1.54) is 5.56 Å². The zero-order valence-corrected chi connectivity index (χ0v) is 19.1. The lowest BCUT2D eigenvalue weighted by Gasteiger charge is -2.37. The van der Waals surface area contributed by atoms with E-state index < -0.39 is 5.97 Å². The number of carbonyl (C=O) groups is 2. The highest BCUT2D eigenvalue weighted by molar-refractivity contribution is 6.30. The summed E-state index contributed by atoms with van der Waals surface area (Å²) in [5.41, 5.74) is 4.14. The van der Waals surface area contributed by atoms with Gasteiger partial charge in [0.2, 0.25) is 0 Å². The molecule has 4 nitrogen and oxygen atoms in total. The third-order valence-electron chi connectivity index (χ3n) is 6.33. The molecule has 0 radical (unpaired) electrons. The molecule has 3 aromatic rings. The van der Waals surface area contributed by atoms with Crippen LogP contribution in [0.1, 0.15) is 50.2 Å². The topological polar surface area (TPSA) is 55.4 Å². The monoisotopic (exact) mass is 477 g/mol. The largest absolute Gasteiger partial charge is 0.454 e. The van der Waals surface area contributed by atoms with Crippen molar-refractivity contribution in [3.63, 3.8) is 0 Å². The summed E-state index contributed by atoms with van der Waals surface area (Å²) in [5, 5.41) is 4.91. The first kappa shape index (κ1) is 21.7. The highest BCUT2D eigenvalue weighted by Crippen LogP contribution is 2.50. The number of ketones is 1. The van der Waals surface area contributed by atoms with E-state index in [2.05, 4.69) is 29.6 Å². The number of halogens is 2. The Hall–Kier alpha value is -3.08. The van der Waals surface area contributed by atoms with E-state index in [4.69, 9.17) is 27.9 Å². The van der Waals surface area contributed by atoms with Crippen molar-refractivity contribution >= 4 is 40.6 Å². The molecule has 3 aromatic carbocycles. The van der Waals surface area contributed by atoms with E-state index in [1.54, 1.807) is 30.3 Å². The van der Waals surface area contributed by atoms with Crippen molar-refractivity contribution in [1.29, 1.82) is 0 Å². The van der Waals surface area contributed by atoms with E-state index in [9.17, 15) is 9.59 Å². The number of carbonyl (C=O) groups excluding carboxylic acids is 2. The number of nitrogens with one attached hydrogen (secondary N) is 1. The molecule has 1 N–H and O–H groups in total. The number of fused-ring (bicyclic) bond motifs is 3. The lowest BCUT2D eigenvalue weighted by atomic mass is 9.76. The van der Waals surface area contributed by atoms with Crippen molar-refractivity contribution in [3.8, 4) is 0 Å². The Bertz CT molecular complexity index is 1240. The summed E-state index contributed by atoms with van der Waals surface area (Å²) in [6, 6.07) is 20.1. The van der Waals surface area contributed by atoms with Gasteiger partial charge in [-0.25, -0.2) is 4.79 Å². The minimum Gasteiger partial charge on any atom is -0.454 e. The molecule has 1 aliphatic heterocycles. The number of esters is 1. The Morgan fingerprint density at radius 2 is 1.58 bits per heavy atom. The number of anilines is 1. The number of hydrogen-bond donors (Lipinski definition) is 1. The lowest BCUT2D eigenvalue weighted by Crippen LogP contribution is -2.29. The van der Waals surface area contributed by atoms with Crippen LogP contribution in [-0.2, 0) is 4.74 Å². The van der Waals surface area contributed by atoms with Gasteiger partial charge in [-0.05, 0) is 78.1 Å². The molecular formula is C27H21Cl2NO3. The molecule has 1 heterocycles. The van der Waals surface area contributed by atoms with Crippen molar-refractivity contribution in [3.05, 3.63) is 111 Å². The first-order valence-electron chi connectivity index (χ1n) is 10.8. The second kappa shape index (κ2) is 9.05. The Morgan fingerprint density at radius 1 is 0.909 bits per heavy atom. The molecule has 0 bridgehead atoms. The lowest BCUT2D eigenvalue weighted by molar-refractivity contribution is 0.0474. The average molecular weight is 478 g/mol. The van der Waals surface area contributed by atoms with Crippen LogP contribution >= 0.6 is 23.2 Å². The molecule has 166 valence electrons. The van der Waals surface area contributed by atoms with Gasteiger partial charge in [-0.3, -0.25) is 4.79 Å². The van der Waals surface area contributed by atoms with Gasteiger partial charge in [-0.1, -0.05) is 47.5 Å². The number of allylic oxidation sites excluding steroid dienone is 2. The summed E-state index contributed by atoms with van der Waals surface area (Å²) >= 11 is 11.9. The van der Waals surface area contributed by atoms with Crippen LogP contribution in [0, 0.1) is 5.92 Å². The van der Waals surface area contributed by atoms with Gasteiger partial charge in [0.25, 0.3) is 0 Å². The van der Waals surface area contributed by atoms with E-state index in [1.807, 2.05) is 24.3 Å². The molecule has 0 aromatic heterocycles. The molecule has 5 rings (SSSR count). The molecule has 1 aliphatic carbocycles. The highest BCUT2D eigenvalue weighted by atomic mass is 35.5. The van der Waals surface area contributed by atoms with Gasteiger partial charge in [0.05, 0.1) is 11.6 Å². The van der Waals surface area contributed by atoms with Gasteiger partial charge in [-0.2, -0.15) is 0 Å². The van der Waals surface area contributed by atoms with Crippen LogP contribution in [-0.4, -0.2) is 18.4 Å². The maximum absolute atomic E-state index is 12.7. The summed E-state index contributed by atoms with van der Waals surface area (Å²) in [6.07, 6.45) is 5.37. The molecule has 6 heteroatoms. The smallest absolute Gasteiger partial charge is 0.338 e. The standard InChI is InChI=1S/C27H21Cl2NO3/c28-19-9-4-16(5-10-19)25(31)15-33-27(32)18-8-13-24-23(14-18)21-2-1-3-22(21)26(30-24)17-6-11-20(29)12-7-17/h1-2,4-14,21-22,26,30H,3,15H2/t21-,22+,26+/m1/s1. The Labute approximate surface area is 202 Å². The maximum atomic E-state index is 12.7. The first-order valence-corrected chi connectivity index (χ1v) is 11.5. The number of benzene rings is 3. The quantitative estimate of drug-likeness (QED) is 0.247. The van der Waals surface area contributed by atoms with Crippen molar-refractivity contribution in [2.75, 3.05) is 11.9 Å². The average Bonchev–Trinajstić information content (AvgIpc) is 3.33. The number of hydrogen-bond acceptors (Lipinski definition) is 4. The molecule has 3 atom stereocenters. The van der Waals surface area contributed by atoms with Crippen molar-refractivity contribution in [2.45, 2.75) is 18.4 Å². The van der Waals surface area contributed by atoms with Gasteiger partial charge in [-0.15, -0.1) is 0 Å². The molecule has 0 amide bonds. The van der Waals surface area contributed by atoms with E-state index >= 15 is 0 Å². The molecule has 0 saturated carbocycles. The van der Waals surface area contributed by atoms with Crippen LogP contribution < -0.4 is 5.32 Å². The zero-order valence-electron chi connectivity index (χ0n) is 17.6. The first-order chi connectivity index (χ1) is 16.0. The fourth-order valence-corrected chi connectivity index (χ4v) is 4.91. The summed E-state index contributed by atoms with van der Waals surface area (Å²) in [7, 11) is 0. The van der Waals surface area contributed by atoms with Gasteiger partial charge < -0.3 is 10.1 Å². The van der Waals surface area contributed by atoms with Crippen LogP contribution in [0.3, 0.4) is 0 Å². The molecule has 2 aliphatic rings. The minimum atomic E-state index is -0.515. The number of ether oxygens (including phenoxy) is 1. The van der Waals surface area contributed by atoms with Crippen LogP contribution in [0.2, 0.25) is 10.0 Å². The zero-order chi connectivity index (χ0) is 22.9. The predicted octanol–water partition coefficient (Wildman–Crippen LogP) is 6.86. The summed E-state index contributed by atoms with van der Waals surface area (Å²) in [5.74, 6) is -0.246. The van der Waals surface area contributed by atoms with Crippen molar-refractivity contribution < 1.29 is 14.3 Å². The SMILES string of the molecule is O=C(COC(=O)c1ccc2c(c1)[C@@H]1C=CC[C@@H]1[C@H](c1ccc(Cl)cc1)N2)c1ccc(Cl)cc1. The van der Waals surface area contributed by atoms with Crippen molar-refractivity contribution in [1.82, 2.24) is 0 Å². The second-order valence-corrected chi connectivity index (χ2v) is 9.21. The molecular weight excluding hydrogens is 457 g/mol. The Balaban J connectivity index is 1.33. The van der Waals surface area contributed by atoms with Gasteiger partial charge in [0, 0.05) is 27.2 Å². The molecule has 0 spiro atoms. The van der Waals surface area contributed by atoms with E-state index in [0.29, 0.717) is 27.1 Å². The third-order valence-corrected chi connectivity index (χ3v) is 6.83. The molecule has 33 heavy (non-hydrogen) atoms. The van der Waals surface area contributed by atoms with Crippen LogP contribution in [0.25, 0.3) is 0 Å². The summed E-state index contributed by atoms with van der Waals surface area (Å²) in [6.45, 7) is -0.319. The van der Waals surface area contributed by atoms with Crippen LogP contribution in [0.4, 0.5) is 5.69 Å². The predicted molar refractivity (Wildman–Crippen MR) is 130 cm³/mol.